The first-order valence-electron chi connectivity index (χ1n) is 8.76. The van der Waals surface area contributed by atoms with Crippen LogP contribution in [0.2, 0.25) is 0 Å². The van der Waals surface area contributed by atoms with Crippen molar-refractivity contribution >= 4 is 23.7 Å². The number of hydrogen-bond donors (Lipinski definition) is 2. The Kier molecular flexibility index (Phi) is 6.44. The molecule has 28 heavy (non-hydrogen) atoms. The molecule has 3 aromatic rings. The van der Waals surface area contributed by atoms with E-state index in [1.807, 2.05) is 73.0 Å². The number of nitrogens with one attached hydrogen (secondary N) is 2. The summed E-state index contributed by atoms with van der Waals surface area (Å²) in [7, 11) is 0. The fourth-order valence-corrected chi connectivity index (χ4v) is 3.34. The number of carbonyl (C=O) groups is 2. The number of aryl methyl sites for hydroxylation is 2. The minimum atomic E-state index is -0.523. The summed E-state index contributed by atoms with van der Waals surface area (Å²) >= 11 is 1.23. The van der Waals surface area contributed by atoms with Crippen molar-refractivity contribution in [3.8, 4) is 5.69 Å². The van der Waals surface area contributed by atoms with Crippen LogP contribution in [0.15, 0.2) is 59.8 Å². The largest absolute Gasteiger partial charge is 0.334 e. The molecule has 0 fully saturated rings. The molecule has 8 heteroatoms. The number of aromatic nitrogens is 3. The van der Waals surface area contributed by atoms with Crippen LogP contribution in [-0.2, 0) is 11.3 Å². The average Bonchev–Trinajstić information content (AvgIpc) is 3.07. The van der Waals surface area contributed by atoms with Crippen LogP contribution in [0.1, 0.15) is 17.0 Å². The first kappa shape index (κ1) is 19.6. The lowest BCUT2D eigenvalue weighted by atomic mass is 10.2. The minimum Gasteiger partial charge on any atom is -0.334 e. The van der Waals surface area contributed by atoms with Crippen LogP contribution in [0.3, 0.4) is 0 Å². The highest BCUT2D eigenvalue weighted by Gasteiger charge is 2.14. The highest BCUT2D eigenvalue weighted by atomic mass is 32.2. The molecule has 2 aromatic carbocycles. The molecule has 0 atom stereocenters. The average molecular weight is 395 g/mol. The van der Waals surface area contributed by atoms with E-state index in [2.05, 4.69) is 20.8 Å². The first-order chi connectivity index (χ1) is 13.5. The Balaban J connectivity index is 1.53. The van der Waals surface area contributed by atoms with E-state index in [0.29, 0.717) is 11.7 Å². The molecule has 3 rings (SSSR count). The van der Waals surface area contributed by atoms with E-state index in [0.717, 1.165) is 22.6 Å². The fraction of sp³-hybridized carbons (Fsp3) is 0.200. The molecule has 0 radical (unpaired) electrons. The van der Waals surface area contributed by atoms with E-state index >= 15 is 0 Å². The molecule has 0 aliphatic heterocycles. The van der Waals surface area contributed by atoms with Crippen LogP contribution in [0.5, 0.6) is 0 Å². The molecule has 1 aromatic heterocycles. The van der Waals surface area contributed by atoms with Gasteiger partial charge >= 0.3 is 6.03 Å². The Labute approximate surface area is 167 Å². The third-order valence-electron chi connectivity index (χ3n) is 3.97. The Bertz CT molecular complexity index is 954. The Hall–Kier alpha value is -3.13. The predicted molar refractivity (Wildman–Crippen MR) is 108 cm³/mol. The van der Waals surface area contributed by atoms with Crippen molar-refractivity contribution in [3.63, 3.8) is 0 Å². The zero-order valence-corrected chi connectivity index (χ0v) is 16.5. The van der Waals surface area contributed by atoms with Crippen molar-refractivity contribution in [2.45, 2.75) is 25.5 Å². The summed E-state index contributed by atoms with van der Waals surface area (Å²) in [5, 5.41) is 13.8. The van der Waals surface area contributed by atoms with Gasteiger partial charge in [0.15, 0.2) is 5.16 Å². The second-order valence-corrected chi connectivity index (χ2v) is 7.15. The number of thioether (sulfide) groups is 1. The summed E-state index contributed by atoms with van der Waals surface area (Å²) in [6, 6.07) is 16.9. The number of amides is 3. The molecule has 3 amide bonds. The van der Waals surface area contributed by atoms with Gasteiger partial charge in [-0.25, -0.2) is 4.79 Å². The third-order valence-corrected chi connectivity index (χ3v) is 4.90. The predicted octanol–water partition coefficient (Wildman–Crippen LogP) is 3.00. The topological polar surface area (TPSA) is 88.9 Å². The van der Waals surface area contributed by atoms with Crippen molar-refractivity contribution in [2.24, 2.45) is 0 Å². The number of nitrogens with zero attached hydrogens (tertiary/aromatic N) is 3. The van der Waals surface area contributed by atoms with E-state index in [1.54, 1.807) is 0 Å². The van der Waals surface area contributed by atoms with E-state index in [4.69, 9.17) is 0 Å². The van der Waals surface area contributed by atoms with E-state index in [1.165, 1.54) is 11.8 Å². The van der Waals surface area contributed by atoms with Crippen molar-refractivity contribution < 1.29 is 9.59 Å². The van der Waals surface area contributed by atoms with Crippen LogP contribution in [0.4, 0.5) is 4.79 Å². The van der Waals surface area contributed by atoms with Gasteiger partial charge in [-0.05, 0) is 31.5 Å². The molecular weight excluding hydrogens is 374 g/mol. The van der Waals surface area contributed by atoms with Crippen LogP contribution in [0.25, 0.3) is 5.69 Å². The smallest absolute Gasteiger partial charge is 0.321 e. The fourth-order valence-electron chi connectivity index (χ4n) is 2.54. The van der Waals surface area contributed by atoms with Crippen molar-refractivity contribution in [1.82, 2.24) is 25.4 Å². The van der Waals surface area contributed by atoms with Crippen LogP contribution < -0.4 is 10.6 Å². The van der Waals surface area contributed by atoms with Crippen molar-refractivity contribution in [3.05, 3.63) is 71.5 Å². The number of urea groups is 1. The van der Waals surface area contributed by atoms with Crippen LogP contribution in [-0.4, -0.2) is 32.5 Å². The molecule has 0 spiro atoms. The molecule has 2 N–H and O–H groups in total. The SMILES string of the molecule is Cc1ccc(-n2c(C)nnc2SCC(=O)NC(=O)NCc2ccccc2)cc1. The van der Waals surface area contributed by atoms with Gasteiger partial charge in [0.1, 0.15) is 5.82 Å². The molecule has 7 nitrogen and oxygen atoms in total. The molecule has 0 saturated carbocycles. The number of benzene rings is 2. The highest BCUT2D eigenvalue weighted by molar-refractivity contribution is 7.99. The van der Waals surface area contributed by atoms with Gasteiger partial charge in [-0.15, -0.1) is 10.2 Å². The Morgan fingerprint density at radius 2 is 1.71 bits per heavy atom. The number of hydrogen-bond acceptors (Lipinski definition) is 5. The van der Waals surface area contributed by atoms with Crippen LogP contribution in [0, 0.1) is 13.8 Å². The lowest BCUT2D eigenvalue weighted by Gasteiger charge is -2.09. The summed E-state index contributed by atoms with van der Waals surface area (Å²) in [5.41, 5.74) is 3.04. The molecule has 144 valence electrons. The normalized spacial score (nSPS) is 10.5. The van der Waals surface area contributed by atoms with Gasteiger partial charge in [0.05, 0.1) is 5.75 Å². The van der Waals surface area contributed by atoms with Crippen LogP contribution >= 0.6 is 11.8 Å². The quantitative estimate of drug-likeness (QED) is 0.627. The van der Waals surface area contributed by atoms with Gasteiger partial charge in [-0.1, -0.05) is 59.8 Å². The van der Waals surface area contributed by atoms with Gasteiger partial charge < -0.3 is 5.32 Å². The Morgan fingerprint density at radius 1 is 1.00 bits per heavy atom. The molecule has 0 bridgehead atoms. The highest BCUT2D eigenvalue weighted by Crippen LogP contribution is 2.21. The van der Waals surface area contributed by atoms with E-state index in [9.17, 15) is 9.59 Å². The lowest BCUT2D eigenvalue weighted by Crippen LogP contribution is -2.40. The maximum atomic E-state index is 12.1. The summed E-state index contributed by atoms with van der Waals surface area (Å²) in [6.07, 6.45) is 0. The molecular formula is C20H21N5O2S. The van der Waals surface area contributed by atoms with Gasteiger partial charge in [0.25, 0.3) is 0 Å². The van der Waals surface area contributed by atoms with Crippen molar-refractivity contribution in [1.29, 1.82) is 0 Å². The zero-order valence-electron chi connectivity index (χ0n) is 15.7. The monoisotopic (exact) mass is 395 g/mol. The van der Waals surface area contributed by atoms with Gasteiger partial charge in [-0.2, -0.15) is 0 Å². The second-order valence-electron chi connectivity index (χ2n) is 6.21. The third kappa shape index (κ3) is 5.20. The van der Waals surface area contributed by atoms with Gasteiger partial charge in [0, 0.05) is 12.2 Å². The molecule has 0 aliphatic rings. The first-order valence-corrected chi connectivity index (χ1v) is 9.75. The summed E-state index contributed by atoms with van der Waals surface area (Å²) in [6.45, 7) is 4.23. The Morgan fingerprint density at radius 3 is 2.43 bits per heavy atom. The number of rotatable bonds is 6. The summed E-state index contributed by atoms with van der Waals surface area (Å²) < 4.78 is 1.88. The molecule has 0 aliphatic carbocycles. The lowest BCUT2D eigenvalue weighted by molar-refractivity contribution is -0.117. The van der Waals surface area contributed by atoms with E-state index < -0.39 is 11.9 Å². The summed E-state index contributed by atoms with van der Waals surface area (Å²) in [4.78, 5) is 24.0. The van der Waals surface area contributed by atoms with Crippen molar-refractivity contribution in [2.75, 3.05) is 5.75 Å². The maximum Gasteiger partial charge on any atom is 0.321 e. The minimum absolute atomic E-state index is 0.0583. The summed E-state index contributed by atoms with van der Waals surface area (Å²) in [5.74, 6) is 0.391. The number of carbonyl (C=O) groups excluding carboxylic acids is 2. The molecule has 0 unspecified atom stereocenters. The second kappa shape index (κ2) is 9.18. The maximum absolute atomic E-state index is 12.1. The van der Waals surface area contributed by atoms with E-state index in [-0.39, 0.29) is 5.75 Å². The molecule has 1 heterocycles. The molecule has 0 saturated heterocycles. The zero-order chi connectivity index (χ0) is 19.9. The van der Waals surface area contributed by atoms with Gasteiger partial charge in [0.2, 0.25) is 5.91 Å². The standard InChI is InChI=1S/C20H21N5O2S/c1-14-8-10-17(11-9-14)25-15(2)23-24-20(25)28-13-18(26)22-19(27)21-12-16-6-4-3-5-7-16/h3-11H,12-13H2,1-2H3,(H2,21,22,26,27). The number of imide groups is 1. The van der Waals surface area contributed by atoms with Gasteiger partial charge in [-0.3, -0.25) is 14.7 Å².